The van der Waals surface area contributed by atoms with Crippen LogP contribution >= 0.6 is 0 Å². The molecule has 4 aliphatic heterocycles. The first-order valence-corrected chi connectivity index (χ1v) is 36.3. The number of aliphatic hydroxyl groups is 14. The van der Waals surface area contributed by atoms with E-state index in [-0.39, 0.29) is 12.8 Å². The predicted octanol–water partition coefficient (Wildman–Crippen LogP) is 3.32. The van der Waals surface area contributed by atoms with Crippen molar-refractivity contribution in [3.05, 3.63) is 0 Å². The molecule has 0 aromatic heterocycles. The minimum absolute atomic E-state index is 0.126. The fourth-order valence-electron chi connectivity index (χ4n) is 12.9. The molecule has 4 saturated heterocycles. The normalized spacial score (nSPS) is 32.3. The smallest absolute Gasteiger partial charge is 0.249 e. The van der Waals surface area contributed by atoms with Crippen LogP contribution in [0.2, 0.25) is 0 Å². The van der Waals surface area contributed by atoms with Crippen LogP contribution in [0.1, 0.15) is 246 Å². The fraction of sp³-hybridized carbons (Fsp3) is 0.971. The number of hydrogen-bond donors (Lipinski definition) is 16. The maximum atomic E-state index is 13.7. The van der Waals surface area contributed by atoms with Gasteiger partial charge in [0.15, 0.2) is 25.2 Å². The lowest BCUT2D eigenvalue weighted by Crippen LogP contribution is -2.66. The first-order valence-electron chi connectivity index (χ1n) is 36.3. The monoisotopic (exact) mass is 1360 g/mol. The van der Waals surface area contributed by atoms with E-state index in [2.05, 4.69) is 24.5 Å². The number of rotatable bonds is 52. The van der Waals surface area contributed by atoms with Crippen molar-refractivity contribution < 1.29 is 119 Å². The Morgan fingerprint density at radius 2 is 0.840 bits per heavy atom. The second-order valence-electron chi connectivity index (χ2n) is 27.1. The summed E-state index contributed by atoms with van der Waals surface area (Å²) in [6, 6.07) is -2.92. The highest BCUT2D eigenvalue weighted by Gasteiger charge is 2.53. The summed E-state index contributed by atoms with van der Waals surface area (Å²) in [5.41, 5.74) is 0. The van der Waals surface area contributed by atoms with Crippen LogP contribution in [0.25, 0.3) is 0 Å². The first-order chi connectivity index (χ1) is 45.2. The number of nitrogens with one attached hydrogen (secondary N) is 2. The Balaban J connectivity index is 1.39. The number of amides is 2. The van der Waals surface area contributed by atoms with Gasteiger partial charge in [-0.3, -0.25) is 9.59 Å². The minimum Gasteiger partial charge on any atom is -0.394 e. The van der Waals surface area contributed by atoms with Crippen LogP contribution in [0, 0.1) is 0 Å². The van der Waals surface area contributed by atoms with Gasteiger partial charge < -0.3 is 120 Å². The number of carbonyl (C=O) groups is 2. The van der Waals surface area contributed by atoms with Gasteiger partial charge in [-0.05, 0) is 19.8 Å². The van der Waals surface area contributed by atoms with Gasteiger partial charge in [-0.1, -0.05) is 219 Å². The van der Waals surface area contributed by atoms with E-state index >= 15 is 0 Å². The zero-order valence-electron chi connectivity index (χ0n) is 57.1. The molecule has 4 aliphatic rings. The summed E-state index contributed by atoms with van der Waals surface area (Å²) in [6.45, 7) is 4.00. The summed E-state index contributed by atoms with van der Waals surface area (Å²) in [4.78, 5) is 26.0. The van der Waals surface area contributed by atoms with Crippen molar-refractivity contribution in [2.75, 3.05) is 26.4 Å². The molecular weight excluding hydrogens is 1230 g/mol. The van der Waals surface area contributed by atoms with Crippen LogP contribution in [0.3, 0.4) is 0 Å². The van der Waals surface area contributed by atoms with Gasteiger partial charge in [0.05, 0.1) is 44.7 Å². The van der Waals surface area contributed by atoms with Crippen LogP contribution < -0.4 is 10.6 Å². The van der Waals surface area contributed by atoms with Gasteiger partial charge in [-0.25, -0.2) is 0 Å². The molecule has 4 fully saturated rings. The van der Waals surface area contributed by atoms with Crippen molar-refractivity contribution in [2.24, 2.45) is 0 Å². The van der Waals surface area contributed by atoms with E-state index in [1.165, 1.54) is 142 Å². The highest BCUT2D eigenvalue weighted by atomic mass is 16.8. The highest BCUT2D eigenvalue weighted by molar-refractivity contribution is 5.80. The molecule has 0 saturated carbocycles. The van der Waals surface area contributed by atoms with E-state index in [0.717, 1.165) is 64.7 Å². The van der Waals surface area contributed by atoms with E-state index in [9.17, 15) is 81.1 Å². The van der Waals surface area contributed by atoms with E-state index in [0.29, 0.717) is 12.8 Å². The summed E-state index contributed by atoms with van der Waals surface area (Å²) in [5, 5.41) is 159. The lowest BCUT2D eigenvalue weighted by Gasteiger charge is -2.47. The molecule has 26 nitrogen and oxygen atoms in total. The molecule has 4 rings (SSSR count). The maximum absolute atomic E-state index is 13.7. The summed E-state index contributed by atoms with van der Waals surface area (Å²) in [7, 11) is 0. The molecule has 0 unspecified atom stereocenters. The third kappa shape index (κ3) is 29.7. The van der Waals surface area contributed by atoms with Crippen molar-refractivity contribution in [1.29, 1.82) is 0 Å². The second-order valence-corrected chi connectivity index (χ2v) is 27.1. The zero-order valence-corrected chi connectivity index (χ0v) is 57.1. The van der Waals surface area contributed by atoms with Gasteiger partial charge in [-0.15, -0.1) is 0 Å². The van der Waals surface area contributed by atoms with Crippen molar-refractivity contribution >= 4 is 11.8 Å². The SMILES string of the molecule is CCCCCCCCCCCCCCCCCCC[C@@H](O)C(=O)N[C@@H](CO[C@H]1O[C@H](CO)[C@H](O)[C@H](O)[C@H]1O[C@H]1O[C@H](CO[C@@H]2O[C@H](CO[C@H]3O[C@H]([C@H](C)O)[C@@H](O)[C@@H]3O)[C@H](O)[C@H](O)[C@H]2NC(C)=O)[C@H](O)[C@H](O)[C@H]1O)[C@H](O)[C@H](O)CCCCCCCCCCCCCCCCC. The molecule has 0 aromatic carbocycles. The van der Waals surface area contributed by atoms with Gasteiger partial charge in [0.25, 0.3) is 0 Å². The largest absolute Gasteiger partial charge is 0.394 e. The van der Waals surface area contributed by atoms with Crippen LogP contribution in [0.15, 0.2) is 0 Å². The van der Waals surface area contributed by atoms with Gasteiger partial charge in [0.1, 0.15) is 104 Å². The molecule has 0 radical (unpaired) electrons. The molecule has 94 heavy (non-hydrogen) atoms. The molecule has 24 atom stereocenters. The predicted molar refractivity (Wildman–Crippen MR) is 346 cm³/mol. The van der Waals surface area contributed by atoms with Gasteiger partial charge in [0.2, 0.25) is 11.8 Å². The van der Waals surface area contributed by atoms with Crippen LogP contribution in [0.5, 0.6) is 0 Å². The van der Waals surface area contributed by atoms with E-state index in [1.807, 2.05) is 0 Å². The summed E-state index contributed by atoms with van der Waals surface area (Å²) < 4.78 is 46.7. The molecule has 0 aliphatic carbocycles. The van der Waals surface area contributed by atoms with E-state index in [4.69, 9.17) is 37.9 Å². The van der Waals surface area contributed by atoms with Gasteiger partial charge in [-0.2, -0.15) is 0 Å². The lowest BCUT2D eigenvalue weighted by atomic mass is 9.96. The Morgan fingerprint density at radius 3 is 1.29 bits per heavy atom. The first kappa shape index (κ1) is 84.5. The quantitative estimate of drug-likeness (QED) is 0.0388. The lowest BCUT2D eigenvalue weighted by molar-refractivity contribution is -0.371. The van der Waals surface area contributed by atoms with Crippen molar-refractivity contribution in [2.45, 2.75) is 393 Å². The Hall–Kier alpha value is -1.94. The third-order valence-electron chi connectivity index (χ3n) is 19.0. The van der Waals surface area contributed by atoms with Crippen LogP contribution in [-0.4, -0.2) is 257 Å². The fourth-order valence-corrected chi connectivity index (χ4v) is 12.9. The molecule has 26 heteroatoms. The van der Waals surface area contributed by atoms with Crippen molar-refractivity contribution in [1.82, 2.24) is 10.6 Å². The maximum Gasteiger partial charge on any atom is 0.249 e. The summed E-state index contributed by atoms with van der Waals surface area (Å²) >= 11 is 0. The minimum atomic E-state index is -2.09. The molecule has 0 aromatic rings. The Kier molecular flexibility index (Phi) is 43.1. The Bertz CT molecular complexity index is 1940. The summed E-state index contributed by atoms with van der Waals surface area (Å²) in [6.07, 6.45) is 0.120. The molecular formula is C68H128N2O24. The van der Waals surface area contributed by atoms with Gasteiger partial charge >= 0.3 is 0 Å². The van der Waals surface area contributed by atoms with Crippen molar-refractivity contribution in [3.8, 4) is 0 Å². The topological polar surface area (TPSA) is 415 Å². The van der Waals surface area contributed by atoms with Crippen LogP contribution in [0.4, 0.5) is 0 Å². The average molecular weight is 1360 g/mol. The average Bonchev–Trinajstić information content (AvgIpc) is 0.906. The Labute approximate surface area is 559 Å². The number of carbonyl (C=O) groups excluding carboxylic acids is 2. The third-order valence-corrected chi connectivity index (χ3v) is 19.0. The van der Waals surface area contributed by atoms with Crippen molar-refractivity contribution in [3.63, 3.8) is 0 Å². The number of unbranched alkanes of at least 4 members (excludes halogenated alkanes) is 30. The van der Waals surface area contributed by atoms with Crippen LogP contribution in [-0.2, 0) is 47.5 Å². The van der Waals surface area contributed by atoms with E-state index < -0.39 is 185 Å². The van der Waals surface area contributed by atoms with E-state index in [1.54, 1.807) is 0 Å². The molecule has 4 heterocycles. The number of aliphatic hydroxyl groups excluding tert-OH is 14. The molecule has 0 spiro atoms. The van der Waals surface area contributed by atoms with Gasteiger partial charge in [0, 0.05) is 6.92 Å². The zero-order chi connectivity index (χ0) is 69.0. The molecule has 0 bridgehead atoms. The second kappa shape index (κ2) is 48.0. The molecule has 554 valence electrons. The Morgan fingerprint density at radius 1 is 0.436 bits per heavy atom. The highest BCUT2D eigenvalue weighted by Crippen LogP contribution is 2.33. The summed E-state index contributed by atoms with van der Waals surface area (Å²) in [5.74, 6) is -1.53. The standard InChI is InChI=1S/C68H128N2O24/c1-5-7-9-11-13-15-17-19-21-22-24-26-28-30-32-34-36-38-47(75)64(86)70-45(52(76)46(74)37-35-33-31-29-27-25-23-20-18-16-14-12-10-8-6-2)40-87-68-63(58(82)53(77)48(39-71)90-68)94-67-60(84)57(81)55(79)50(92-67)41-88-65-51(69-44(4)73)56(80)54(78)49(91-65)42-89-66-61(85)59(83)62(93-66)43(3)72/h43,45-63,65-68,71-72,74-85H,5-42H2,1-4H3,(H,69,73)(H,70,86)/t43-,45-,46+,47+,48+,49+,50+,51+,52-,53-,54-,55-,56+,57-,58-,59-,60+,61-,62+,63+,65+,66-,67+,68-/m0/s1. The molecule has 16 N–H and O–H groups in total. The molecule has 2 amide bonds. The number of ether oxygens (including phenoxy) is 8. The number of hydrogen-bond acceptors (Lipinski definition) is 24.